The second kappa shape index (κ2) is 12.5. The summed E-state index contributed by atoms with van der Waals surface area (Å²) in [6, 6.07) is 8.68. The summed E-state index contributed by atoms with van der Waals surface area (Å²) < 4.78 is 5.25. The Labute approximate surface area is 207 Å². The normalized spacial score (nSPS) is 15.6. The molecule has 34 heavy (non-hydrogen) atoms. The van der Waals surface area contributed by atoms with E-state index in [-0.39, 0.29) is 23.8 Å². The van der Waals surface area contributed by atoms with E-state index in [1.165, 1.54) is 0 Å². The molecule has 2 N–H and O–H groups in total. The van der Waals surface area contributed by atoms with Crippen molar-refractivity contribution in [2.45, 2.75) is 78.9 Å². The first-order valence-corrected chi connectivity index (χ1v) is 12.1. The van der Waals surface area contributed by atoms with Crippen LogP contribution in [0.4, 0.5) is 0 Å². The van der Waals surface area contributed by atoms with E-state index < -0.39 is 22.9 Å². The molecule has 0 saturated carbocycles. The number of amides is 2. The van der Waals surface area contributed by atoms with Gasteiger partial charge in [0.25, 0.3) is 0 Å². The van der Waals surface area contributed by atoms with Crippen molar-refractivity contribution in [3.8, 4) is 0 Å². The molecule has 0 aliphatic heterocycles. The summed E-state index contributed by atoms with van der Waals surface area (Å²) in [4.78, 5) is 29.1. The number of hydrogen-bond acceptors (Lipinski definition) is 4. The van der Waals surface area contributed by atoms with Crippen molar-refractivity contribution in [1.29, 1.82) is 0 Å². The molecule has 6 heteroatoms. The standard InChI is InChI=1S/C28H47N3O3/c1-19(2)22(17-20(3)18-34-11)31(10)26(33)24(27(4,5)6)30-25(32)23(29-9)28(7,8)21-15-13-12-14-16-21/h12-17,19,22-24,29H,18H2,1-11H3,(H,30,32)/b20-17+/t22?,23-,24?/m1/s1. The van der Waals surface area contributed by atoms with Gasteiger partial charge in [0.2, 0.25) is 11.8 Å². The maximum absolute atomic E-state index is 13.8. The van der Waals surface area contributed by atoms with Crippen LogP contribution in [0, 0.1) is 11.3 Å². The molecule has 0 aliphatic rings. The summed E-state index contributed by atoms with van der Waals surface area (Å²) in [6.45, 7) is 16.7. The van der Waals surface area contributed by atoms with Crippen LogP contribution in [-0.4, -0.2) is 62.7 Å². The highest BCUT2D eigenvalue weighted by Crippen LogP contribution is 2.29. The van der Waals surface area contributed by atoms with E-state index in [9.17, 15) is 9.59 Å². The van der Waals surface area contributed by atoms with Crippen molar-refractivity contribution in [3.63, 3.8) is 0 Å². The molecule has 1 rings (SSSR count). The lowest BCUT2D eigenvalue weighted by atomic mass is 9.76. The zero-order valence-corrected chi connectivity index (χ0v) is 23.2. The average Bonchev–Trinajstić information content (AvgIpc) is 2.75. The minimum absolute atomic E-state index is 0.103. The average molecular weight is 474 g/mol. The molecule has 0 bridgehead atoms. The number of rotatable bonds is 11. The Hall–Kier alpha value is -2.18. The van der Waals surface area contributed by atoms with Crippen LogP contribution in [0.25, 0.3) is 0 Å². The zero-order chi connectivity index (χ0) is 26.3. The van der Waals surface area contributed by atoms with Crippen LogP contribution < -0.4 is 10.6 Å². The molecule has 1 aromatic rings. The topological polar surface area (TPSA) is 70.7 Å². The third-order valence-corrected chi connectivity index (χ3v) is 6.50. The molecule has 0 aromatic heterocycles. The Balaban J connectivity index is 3.25. The van der Waals surface area contributed by atoms with Crippen molar-refractivity contribution in [2.75, 3.05) is 27.8 Å². The first-order chi connectivity index (χ1) is 15.7. The molecule has 0 saturated heterocycles. The molecule has 0 aliphatic carbocycles. The summed E-state index contributed by atoms with van der Waals surface area (Å²) in [5.41, 5.74) is 1.18. The van der Waals surface area contributed by atoms with E-state index in [0.29, 0.717) is 6.61 Å². The molecule has 1 aromatic carbocycles. The molecule has 0 fully saturated rings. The van der Waals surface area contributed by atoms with Crippen LogP contribution >= 0.6 is 0 Å². The van der Waals surface area contributed by atoms with Gasteiger partial charge < -0.3 is 20.3 Å². The van der Waals surface area contributed by atoms with E-state index in [4.69, 9.17) is 4.74 Å². The molecule has 0 radical (unpaired) electrons. The molecule has 192 valence electrons. The van der Waals surface area contributed by atoms with Gasteiger partial charge in [0.1, 0.15) is 6.04 Å². The summed E-state index contributed by atoms with van der Waals surface area (Å²) in [6.07, 6.45) is 2.09. The molecule has 0 heterocycles. The number of ether oxygens (including phenoxy) is 1. The molecular weight excluding hydrogens is 426 g/mol. The van der Waals surface area contributed by atoms with Crippen molar-refractivity contribution in [1.82, 2.24) is 15.5 Å². The van der Waals surface area contributed by atoms with E-state index in [1.807, 2.05) is 78.9 Å². The van der Waals surface area contributed by atoms with Gasteiger partial charge >= 0.3 is 0 Å². The number of methoxy groups -OCH3 is 1. The van der Waals surface area contributed by atoms with Gasteiger partial charge in [-0.2, -0.15) is 0 Å². The van der Waals surface area contributed by atoms with Gasteiger partial charge in [-0.1, -0.05) is 84.9 Å². The number of nitrogens with zero attached hydrogens (tertiary/aromatic N) is 1. The lowest BCUT2D eigenvalue weighted by Crippen LogP contribution is -2.61. The minimum atomic E-state index is -0.676. The van der Waals surface area contributed by atoms with E-state index in [2.05, 4.69) is 30.6 Å². The Kier molecular flexibility index (Phi) is 11.0. The lowest BCUT2D eigenvalue weighted by Gasteiger charge is -2.40. The summed E-state index contributed by atoms with van der Waals surface area (Å²) in [5.74, 6) is -0.0854. The smallest absolute Gasteiger partial charge is 0.245 e. The summed E-state index contributed by atoms with van der Waals surface area (Å²) in [7, 11) is 5.27. The highest BCUT2D eigenvalue weighted by Gasteiger charge is 2.41. The summed E-state index contributed by atoms with van der Waals surface area (Å²) in [5, 5.41) is 6.29. The van der Waals surface area contributed by atoms with Gasteiger partial charge in [-0.3, -0.25) is 9.59 Å². The second-order valence-corrected chi connectivity index (χ2v) is 11.2. The number of benzene rings is 1. The molecule has 6 nitrogen and oxygen atoms in total. The second-order valence-electron chi connectivity index (χ2n) is 11.2. The highest BCUT2D eigenvalue weighted by atomic mass is 16.5. The number of nitrogens with one attached hydrogen (secondary N) is 2. The SMILES string of the molecule is CN[C@H](C(=O)NC(C(=O)N(C)C(/C=C(\C)COC)C(C)C)C(C)(C)C)C(C)(C)c1ccccc1. The Morgan fingerprint density at radius 2 is 1.62 bits per heavy atom. The third-order valence-electron chi connectivity index (χ3n) is 6.50. The zero-order valence-electron chi connectivity index (χ0n) is 23.2. The molecular formula is C28H47N3O3. The van der Waals surface area contributed by atoms with Crippen LogP contribution in [0.3, 0.4) is 0 Å². The quantitative estimate of drug-likeness (QED) is 0.474. The molecule has 2 unspecified atom stereocenters. The van der Waals surface area contributed by atoms with Gasteiger partial charge in [0.15, 0.2) is 0 Å². The minimum Gasteiger partial charge on any atom is -0.380 e. The van der Waals surface area contributed by atoms with Crippen molar-refractivity contribution in [2.24, 2.45) is 11.3 Å². The Bertz CT molecular complexity index is 825. The van der Waals surface area contributed by atoms with Gasteiger partial charge in [0, 0.05) is 19.6 Å². The van der Waals surface area contributed by atoms with Crippen LogP contribution in [0.5, 0.6) is 0 Å². The number of carbonyl (C=O) groups excluding carboxylic acids is 2. The molecule has 3 atom stereocenters. The monoisotopic (exact) mass is 473 g/mol. The first-order valence-electron chi connectivity index (χ1n) is 12.1. The number of likely N-dealkylation sites (N-methyl/N-ethyl adjacent to an activating group) is 2. The third kappa shape index (κ3) is 7.67. The lowest BCUT2D eigenvalue weighted by molar-refractivity contribution is -0.140. The largest absolute Gasteiger partial charge is 0.380 e. The Morgan fingerprint density at radius 3 is 2.06 bits per heavy atom. The van der Waals surface area contributed by atoms with Gasteiger partial charge in [-0.05, 0) is 36.4 Å². The van der Waals surface area contributed by atoms with Crippen LogP contribution in [-0.2, 0) is 19.7 Å². The number of carbonyl (C=O) groups is 2. The number of hydrogen-bond donors (Lipinski definition) is 2. The van der Waals surface area contributed by atoms with Crippen LogP contribution in [0.15, 0.2) is 42.0 Å². The first kappa shape index (κ1) is 29.9. The van der Waals surface area contributed by atoms with Crippen molar-refractivity contribution >= 4 is 11.8 Å². The molecule has 2 amide bonds. The van der Waals surface area contributed by atoms with Crippen LogP contribution in [0.1, 0.15) is 61.0 Å². The maximum Gasteiger partial charge on any atom is 0.245 e. The predicted molar refractivity (Wildman–Crippen MR) is 141 cm³/mol. The van der Waals surface area contributed by atoms with Gasteiger partial charge in [0.05, 0.1) is 18.7 Å². The van der Waals surface area contributed by atoms with Crippen molar-refractivity contribution in [3.05, 3.63) is 47.5 Å². The fourth-order valence-corrected chi connectivity index (χ4v) is 4.40. The highest BCUT2D eigenvalue weighted by molar-refractivity contribution is 5.91. The maximum atomic E-state index is 13.8. The Morgan fingerprint density at radius 1 is 1.06 bits per heavy atom. The summed E-state index contributed by atoms with van der Waals surface area (Å²) >= 11 is 0. The van der Waals surface area contributed by atoms with Gasteiger partial charge in [-0.25, -0.2) is 0 Å². The van der Waals surface area contributed by atoms with E-state index in [1.54, 1.807) is 19.1 Å². The van der Waals surface area contributed by atoms with Crippen LogP contribution in [0.2, 0.25) is 0 Å². The van der Waals surface area contributed by atoms with E-state index in [0.717, 1.165) is 11.1 Å². The fourth-order valence-electron chi connectivity index (χ4n) is 4.40. The fraction of sp³-hybridized carbons (Fsp3) is 0.643. The van der Waals surface area contributed by atoms with Gasteiger partial charge in [-0.15, -0.1) is 0 Å². The molecule has 0 spiro atoms. The van der Waals surface area contributed by atoms with Crippen molar-refractivity contribution < 1.29 is 14.3 Å². The van der Waals surface area contributed by atoms with E-state index >= 15 is 0 Å². The predicted octanol–water partition coefficient (Wildman–Crippen LogP) is 4.16.